The van der Waals surface area contributed by atoms with Gasteiger partial charge in [-0.2, -0.15) is 0 Å². The van der Waals surface area contributed by atoms with Crippen molar-refractivity contribution in [1.82, 2.24) is 9.55 Å². The molecule has 0 radical (unpaired) electrons. The van der Waals surface area contributed by atoms with Crippen molar-refractivity contribution < 1.29 is 20.1 Å². The van der Waals surface area contributed by atoms with E-state index in [4.69, 9.17) is 4.74 Å². The van der Waals surface area contributed by atoms with E-state index in [1.54, 1.807) is 0 Å². The van der Waals surface area contributed by atoms with Crippen molar-refractivity contribution in [3.05, 3.63) is 32.6 Å². The summed E-state index contributed by atoms with van der Waals surface area (Å²) in [6, 6.07) is 0. The van der Waals surface area contributed by atoms with Gasteiger partial charge in [0.1, 0.15) is 12.2 Å². The van der Waals surface area contributed by atoms with Crippen molar-refractivity contribution in [2.75, 3.05) is 13.2 Å². The van der Waals surface area contributed by atoms with E-state index in [2.05, 4.69) is 0 Å². The lowest BCUT2D eigenvalue weighted by Gasteiger charge is -2.31. The average molecular weight is 258 g/mol. The third-order valence-electron chi connectivity index (χ3n) is 3.09. The van der Waals surface area contributed by atoms with E-state index in [1.807, 2.05) is 4.98 Å². The highest BCUT2D eigenvalue weighted by Crippen LogP contribution is 2.29. The van der Waals surface area contributed by atoms with Crippen LogP contribution in [0.1, 0.15) is 5.56 Å². The van der Waals surface area contributed by atoms with Gasteiger partial charge in [0.2, 0.25) is 5.72 Å². The molecule has 0 bridgehead atoms. The summed E-state index contributed by atoms with van der Waals surface area (Å²) < 4.78 is 6.06. The molecule has 0 saturated carbocycles. The SMILES string of the molecule is Cc1cn([C@@]2(CO)OC[C@H](O)[C@H]2O)c(=O)[nH]c1=O. The van der Waals surface area contributed by atoms with Crippen molar-refractivity contribution in [2.45, 2.75) is 24.9 Å². The first-order valence-corrected chi connectivity index (χ1v) is 5.36. The van der Waals surface area contributed by atoms with E-state index in [9.17, 15) is 24.9 Å². The van der Waals surface area contributed by atoms with Crippen LogP contribution in [0.4, 0.5) is 0 Å². The van der Waals surface area contributed by atoms with Gasteiger partial charge in [0.15, 0.2) is 0 Å². The number of hydrogen-bond acceptors (Lipinski definition) is 6. The minimum Gasteiger partial charge on any atom is -0.391 e. The lowest BCUT2D eigenvalue weighted by molar-refractivity contribution is -0.154. The third kappa shape index (κ3) is 1.70. The van der Waals surface area contributed by atoms with Crippen LogP contribution in [-0.4, -0.2) is 50.3 Å². The largest absolute Gasteiger partial charge is 0.391 e. The fourth-order valence-corrected chi connectivity index (χ4v) is 1.98. The molecule has 2 rings (SSSR count). The number of aromatic nitrogens is 2. The number of nitrogens with one attached hydrogen (secondary N) is 1. The molecule has 1 fully saturated rings. The molecule has 0 unspecified atom stereocenters. The zero-order chi connectivity index (χ0) is 13.5. The second kappa shape index (κ2) is 4.32. The molecule has 0 amide bonds. The highest BCUT2D eigenvalue weighted by atomic mass is 16.6. The summed E-state index contributed by atoms with van der Waals surface area (Å²) in [7, 11) is 0. The molecular formula is C10H14N2O6. The van der Waals surface area contributed by atoms with Gasteiger partial charge < -0.3 is 20.1 Å². The lowest BCUT2D eigenvalue weighted by Crippen LogP contribution is -2.54. The molecule has 4 N–H and O–H groups in total. The van der Waals surface area contributed by atoms with Crippen molar-refractivity contribution in [2.24, 2.45) is 0 Å². The van der Waals surface area contributed by atoms with E-state index in [0.717, 1.165) is 4.57 Å². The van der Waals surface area contributed by atoms with Gasteiger partial charge in [-0.25, -0.2) is 4.79 Å². The van der Waals surface area contributed by atoms with Crippen molar-refractivity contribution in [1.29, 1.82) is 0 Å². The number of aliphatic hydroxyl groups is 3. The molecule has 1 aromatic heterocycles. The molecule has 8 nitrogen and oxygen atoms in total. The van der Waals surface area contributed by atoms with Crippen LogP contribution < -0.4 is 11.2 Å². The maximum atomic E-state index is 11.7. The predicted octanol–water partition coefficient (Wildman–Crippen LogP) is -2.76. The number of hydrogen-bond donors (Lipinski definition) is 4. The number of aryl methyl sites for hydroxylation is 1. The van der Waals surface area contributed by atoms with E-state index in [1.165, 1.54) is 13.1 Å². The Kier molecular flexibility index (Phi) is 3.11. The lowest BCUT2D eigenvalue weighted by atomic mass is 10.1. The maximum absolute atomic E-state index is 11.7. The van der Waals surface area contributed by atoms with Crippen LogP contribution in [0.25, 0.3) is 0 Å². The maximum Gasteiger partial charge on any atom is 0.330 e. The highest BCUT2D eigenvalue weighted by Gasteiger charge is 2.51. The van der Waals surface area contributed by atoms with Crippen LogP contribution in [0, 0.1) is 6.92 Å². The Bertz CT molecular complexity index is 564. The second-order valence-electron chi connectivity index (χ2n) is 4.27. The van der Waals surface area contributed by atoms with E-state index < -0.39 is 35.8 Å². The van der Waals surface area contributed by atoms with Crippen molar-refractivity contribution in [3.63, 3.8) is 0 Å². The summed E-state index contributed by atoms with van der Waals surface area (Å²) in [6.45, 7) is 0.542. The van der Waals surface area contributed by atoms with Gasteiger partial charge in [-0.1, -0.05) is 0 Å². The van der Waals surface area contributed by atoms with E-state index in [-0.39, 0.29) is 12.2 Å². The molecule has 0 spiro atoms. The zero-order valence-electron chi connectivity index (χ0n) is 9.66. The Labute approximate surface area is 101 Å². The second-order valence-corrected chi connectivity index (χ2v) is 4.27. The minimum absolute atomic E-state index is 0.216. The number of aromatic amines is 1. The highest BCUT2D eigenvalue weighted by molar-refractivity contribution is 5.05. The Balaban J connectivity index is 2.63. The Morgan fingerprint density at radius 3 is 2.72 bits per heavy atom. The number of nitrogens with zero attached hydrogens (tertiary/aromatic N) is 1. The summed E-state index contributed by atoms with van der Waals surface area (Å²) >= 11 is 0. The normalized spacial score (nSPS) is 31.8. The molecule has 1 aliphatic heterocycles. The predicted molar refractivity (Wildman–Crippen MR) is 59.1 cm³/mol. The molecule has 18 heavy (non-hydrogen) atoms. The summed E-state index contributed by atoms with van der Waals surface area (Å²) in [6.07, 6.45) is -1.50. The molecule has 3 atom stereocenters. The molecule has 1 aromatic rings. The van der Waals surface area contributed by atoms with Crippen molar-refractivity contribution in [3.8, 4) is 0 Å². The summed E-state index contributed by atoms with van der Waals surface area (Å²) in [5.74, 6) is 0. The number of ether oxygens (including phenoxy) is 1. The van der Waals surface area contributed by atoms with Gasteiger partial charge in [-0.15, -0.1) is 0 Å². The molecule has 100 valence electrons. The van der Waals surface area contributed by atoms with Gasteiger partial charge in [-0.05, 0) is 6.92 Å². The van der Waals surface area contributed by atoms with Crippen LogP contribution in [-0.2, 0) is 10.5 Å². The molecule has 0 aromatic carbocycles. The van der Waals surface area contributed by atoms with Crippen LogP contribution in [0.3, 0.4) is 0 Å². The topological polar surface area (TPSA) is 125 Å². The summed E-state index contributed by atoms with van der Waals surface area (Å²) in [5.41, 5.74) is -2.93. The Morgan fingerprint density at radius 2 is 2.22 bits per heavy atom. The van der Waals surface area contributed by atoms with Gasteiger partial charge in [0.25, 0.3) is 5.56 Å². The Morgan fingerprint density at radius 1 is 1.56 bits per heavy atom. The first-order chi connectivity index (χ1) is 8.42. The first kappa shape index (κ1) is 13.0. The molecule has 1 aliphatic rings. The Hall–Kier alpha value is -1.48. The number of rotatable bonds is 2. The standard InChI is InChI=1S/C10H14N2O6/c1-5-2-12(9(17)11-8(5)16)10(4-13)7(15)6(14)3-18-10/h2,6-7,13-15H,3-4H2,1H3,(H,11,16,17)/t6-,7+,10-/m0/s1. The molecule has 8 heteroatoms. The van der Waals surface area contributed by atoms with E-state index in [0.29, 0.717) is 0 Å². The number of aliphatic hydroxyl groups excluding tert-OH is 3. The monoisotopic (exact) mass is 258 g/mol. The molecule has 2 heterocycles. The first-order valence-electron chi connectivity index (χ1n) is 5.36. The number of H-pyrrole nitrogens is 1. The smallest absolute Gasteiger partial charge is 0.330 e. The zero-order valence-corrected chi connectivity index (χ0v) is 9.66. The summed E-state index contributed by atoms with van der Waals surface area (Å²) in [4.78, 5) is 25.0. The average Bonchev–Trinajstić information content (AvgIpc) is 2.62. The van der Waals surface area contributed by atoms with Gasteiger partial charge in [0, 0.05) is 11.8 Å². The van der Waals surface area contributed by atoms with Crippen LogP contribution >= 0.6 is 0 Å². The van der Waals surface area contributed by atoms with Crippen LogP contribution in [0.2, 0.25) is 0 Å². The van der Waals surface area contributed by atoms with Gasteiger partial charge >= 0.3 is 5.69 Å². The molecule has 0 aliphatic carbocycles. The van der Waals surface area contributed by atoms with Gasteiger partial charge in [0.05, 0.1) is 13.2 Å². The fourth-order valence-electron chi connectivity index (χ4n) is 1.98. The van der Waals surface area contributed by atoms with E-state index >= 15 is 0 Å². The molecular weight excluding hydrogens is 244 g/mol. The van der Waals surface area contributed by atoms with Crippen LogP contribution in [0.5, 0.6) is 0 Å². The van der Waals surface area contributed by atoms with Crippen molar-refractivity contribution >= 4 is 0 Å². The van der Waals surface area contributed by atoms with Gasteiger partial charge in [-0.3, -0.25) is 14.3 Å². The minimum atomic E-state index is -1.77. The van der Waals surface area contributed by atoms with Crippen LogP contribution in [0.15, 0.2) is 15.8 Å². The fraction of sp³-hybridized carbons (Fsp3) is 0.600. The molecule has 1 saturated heterocycles. The third-order valence-corrected chi connectivity index (χ3v) is 3.09. The quantitative estimate of drug-likeness (QED) is 0.455. The summed E-state index contributed by atoms with van der Waals surface area (Å²) in [5, 5.41) is 28.7.